The molecule has 2 amide bonds. The van der Waals surface area contributed by atoms with E-state index in [1.165, 1.54) is 24.3 Å². The van der Waals surface area contributed by atoms with E-state index in [1.54, 1.807) is 41.5 Å². The number of amides is 2. The van der Waals surface area contributed by atoms with Crippen molar-refractivity contribution in [3.05, 3.63) is 34.9 Å². The third-order valence-electron chi connectivity index (χ3n) is 3.16. The van der Waals surface area contributed by atoms with Crippen molar-refractivity contribution >= 4 is 43.3 Å². The molecule has 0 aromatic heterocycles. The number of carboxylic acid groups (broad SMARTS) is 1. The SMILES string of the molecule is CC(C)(C)OC(=O)N(C[C@@H](C(=O)O)c1ccc(Cl)cc1)C(=O)OC(C)(C)C.S. The van der Waals surface area contributed by atoms with E-state index in [9.17, 15) is 19.5 Å². The van der Waals surface area contributed by atoms with Crippen LogP contribution in [-0.2, 0) is 14.3 Å². The summed E-state index contributed by atoms with van der Waals surface area (Å²) in [7, 11) is 0. The topological polar surface area (TPSA) is 93.1 Å². The molecule has 9 heteroatoms. The van der Waals surface area contributed by atoms with E-state index in [-0.39, 0.29) is 13.5 Å². The second kappa shape index (κ2) is 10.0. The molecule has 7 nitrogen and oxygen atoms in total. The van der Waals surface area contributed by atoms with Crippen LogP contribution in [0.5, 0.6) is 0 Å². The van der Waals surface area contributed by atoms with Gasteiger partial charge in [0.15, 0.2) is 0 Å². The fraction of sp³-hybridized carbons (Fsp3) is 0.526. The number of aliphatic carboxylic acids is 1. The van der Waals surface area contributed by atoms with Gasteiger partial charge in [0.25, 0.3) is 0 Å². The Kier molecular flexibility index (Phi) is 9.33. The van der Waals surface area contributed by atoms with E-state index in [0.717, 1.165) is 0 Å². The minimum atomic E-state index is -1.20. The predicted molar refractivity (Wildman–Crippen MR) is 111 cm³/mol. The number of hydrogen-bond donors (Lipinski definition) is 1. The number of halogens is 1. The van der Waals surface area contributed by atoms with Gasteiger partial charge < -0.3 is 14.6 Å². The van der Waals surface area contributed by atoms with Crippen LogP contribution in [0.2, 0.25) is 5.02 Å². The van der Waals surface area contributed by atoms with Crippen LogP contribution in [0.3, 0.4) is 0 Å². The Morgan fingerprint density at radius 3 is 1.68 bits per heavy atom. The molecule has 0 unspecified atom stereocenters. The maximum Gasteiger partial charge on any atom is 0.419 e. The molecule has 0 heterocycles. The zero-order valence-electron chi connectivity index (χ0n) is 16.9. The highest BCUT2D eigenvalue weighted by molar-refractivity contribution is 7.59. The summed E-state index contributed by atoms with van der Waals surface area (Å²) in [5, 5.41) is 10.1. The number of imide groups is 1. The quantitative estimate of drug-likeness (QED) is 0.733. The lowest BCUT2D eigenvalue weighted by Crippen LogP contribution is -2.46. The molecule has 158 valence electrons. The molecule has 1 aromatic carbocycles. The predicted octanol–water partition coefficient (Wildman–Crippen LogP) is 4.79. The first kappa shape index (κ1) is 26.1. The summed E-state index contributed by atoms with van der Waals surface area (Å²) < 4.78 is 10.5. The first-order valence-corrected chi connectivity index (χ1v) is 8.79. The summed E-state index contributed by atoms with van der Waals surface area (Å²) in [6.45, 7) is 9.43. The normalized spacial score (nSPS) is 12.4. The Balaban J connectivity index is 0.00000729. The number of carboxylic acids is 1. The molecule has 1 atom stereocenters. The van der Waals surface area contributed by atoms with Crippen molar-refractivity contribution in [1.29, 1.82) is 0 Å². The van der Waals surface area contributed by atoms with Crippen LogP contribution in [0.4, 0.5) is 9.59 Å². The van der Waals surface area contributed by atoms with Crippen molar-refractivity contribution in [3.8, 4) is 0 Å². The van der Waals surface area contributed by atoms with Crippen molar-refractivity contribution in [3.63, 3.8) is 0 Å². The molecule has 0 aliphatic carbocycles. The van der Waals surface area contributed by atoms with Gasteiger partial charge in [0.05, 0.1) is 6.54 Å². The zero-order chi connectivity index (χ0) is 21.0. The largest absolute Gasteiger partial charge is 0.481 e. The van der Waals surface area contributed by atoms with Crippen molar-refractivity contribution in [2.24, 2.45) is 0 Å². The maximum atomic E-state index is 12.5. The van der Waals surface area contributed by atoms with Crippen molar-refractivity contribution in [2.45, 2.75) is 58.7 Å². The van der Waals surface area contributed by atoms with E-state index < -0.39 is 41.8 Å². The summed E-state index contributed by atoms with van der Waals surface area (Å²) in [6, 6.07) is 6.14. The van der Waals surface area contributed by atoms with E-state index in [4.69, 9.17) is 21.1 Å². The molecule has 28 heavy (non-hydrogen) atoms. The lowest BCUT2D eigenvalue weighted by atomic mass is 9.99. The number of rotatable bonds is 4. The first-order valence-electron chi connectivity index (χ1n) is 8.41. The van der Waals surface area contributed by atoms with Gasteiger partial charge in [-0.25, -0.2) is 14.5 Å². The minimum Gasteiger partial charge on any atom is -0.481 e. The van der Waals surface area contributed by atoms with Crippen molar-refractivity contribution in [2.75, 3.05) is 6.54 Å². The summed E-state index contributed by atoms with van der Waals surface area (Å²) in [5.41, 5.74) is -1.34. The molecule has 1 N–H and O–H groups in total. The average Bonchev–Trinajstić information content (AvgIpc) is 2.45. The Morgan fingerprint density at radius 1 is 0.964 bits per heavy atom. The van der Waals surface area contributed by atoms with Crippen LogP contribution in [0.1, 0.15) is 53.0 Å². The van der Waals surface area contributed by atoms with Crippen LogP contribution in [0.25, 0.3) is 0 Å². The van der Waals surface area contributed by atoms with Crippen LogP contribution in [-0.4, -0.2) is 45.9 Å². The van der Waals surface area contributed by atoms with Crippen molar-refractivity contribution < 1.29 is 29.0 Å². The highest BCUT2D eigenvalue weighted by atomic mass is 35.5. The lowest BCUT2D eigenvalue weighted by molar-refractivity contribution is -0.139. The highest BCUT2D eigenvalue weighted by Gasteiger charge is 2.35. The highest BCUT2D eigenvalue weighted by Crippen LogP contribution is 2.23. The molecule has 0 saturated carbocycles. The van der Waals surface area contributed by atoms with Crippen LogP contribution in [0.15, 0.2) is 24.3 Å². The van der Waals surface area contributed by atoms with E-state index >= 15 is 0 Å². The van der Waals surface area contributed by atoms with Crippen molar-refractivity contribution in [1.82, 2.24) is 4.90 Å². The fourth-order valence-corrected chi connectivity index (χ4v) is 2.19. The van der Waals surface area contributed by atoms with Gasteiger partial charge in [-0.2, -0.15) is 13.5 Å². The fourth-order valence-electron chi connectivity index (χ4n) is 2.06. The van der Waals surface area contributed by atoms with E-state index in [2.05, 4.69) is 0 Å². The summed E-state index contributed by atoms with van der Waals surface area (Å²) in [4.78, 5) is 37.5. The van der Waals surface area contributed by atoms with Gasteiger partial charge >= 0.3 is 18.2 Å². The van der Waals surface area contributed by atoms with Crippen LogP contribution < -0.4 is 0 Å². The number of carbonyl (C=O) groups excluding carboxylic acids is 2. The molecule has 0 saturated heterocycles. The lowest BCUT2D eigenvalue weighted by Gasteiger charge is -2.30. The van der Waals surface area contributed by atoms with Gasteiger partial charge in [-0.05, 0) is 59.2 Å². The molecule has 0 aliphatic heterocycles. The molecular weight excluding hydrogens is 406 g/mol. The summed E-state index contributed by atoms with van der Waals surface area (Å²) in [6.07, 6.45) is -1.95. The van der Waals surface area contributed by atoms with Gasteiger partial charge in [0.2, 0.25) is 0 Å². The molecule has 0 fully saturated rings. The molecule has 1 rings (SSSR count). The summed E-state index contributed by atoms with van der Waals surface area (Å²) in [5.74, 6) is -2.36. The third-order valence-corrected chi connectivity index (χ3v) is 3.42. The van der Waals surface area contributed by atoms with Crippen LogP contribution in [0, 0.1) is 0 Å². The van der Waals surface area contributed by atoms with Gasteiger partial charge in [0, 0.05) is 5.02 Å². The average molecular weight is 434 g/mol. The second-order valence-corrected chi connectivity index (χ2v) is 8.45. The first-order chi connectivity index (χ1) is 12.2. The number of benzene rings is 1. The third kappa shape index (κ3) is 8.84. The number of carbonyl (C=O) groups is 3. The van der Waals surface area contributed by atoms with Gasteiger partial charge in [-0.3, -0.25) is 4.79 Å². The Labute approximate surface area is 177 Å². The number of ether oxygens (including phenoxy) is 2. The Morgan fingerprint density at radius 2 is 1.36 bits per heavy atom. The Bertz CT molecular complexity index is 666. The molecule has 0 radical (unpaired) electrons. The molecule has 0 bridgehead atoms. The van der Waals surface area contributed by atoms with Crippen LogP contribution >= 0.6 is 25.1 Å². The van der Waals surface area contributed by atoms with E-state index in [1.807, 2.05) is 0 Å². The summed E-state index contributed by atoms with van der Waals surface area (Å²) >= 11 is 5.84. The van der Waals surface area contributed by atoms with Gasteiger partial charge in [-0.15, -0.1) is 0 Å². The monoisotopic (exact) mass is 433 g/mol. The number of hydrogen-bond acceptors (Lipinski definition) is 5. The molecule has 0 aliphatic rings. The number of nitrogens with zero attached hydrogens (tertiary/aromatic N) is 1. The Hall–Kier alpha value is -1.93. The van der Waals surface area contributed by atoms with Gasteiger partial charge in [-0.1, -0.05) is 23.7 Å². The molecular formula is C19H28ClNO6S. The standard InChI is InChI=1S/C19H26ClNO6.H2S/c1-18(2,3)26-16(24)21(17(25)27-19(4,5)6)11-14(15(22)23)12-7-9-13(20)10-8-12;/h7-10,14H,11H2,1-6H3,(H,22,23);1H2/t14-;/m1./s1. The second-order valence-electron chi connectivity index (χ2n) is 8.01. The smallest absolute Gasteiger partial charge is 0.419 e. The molecule has 1 aromatic rings. The van der Waals surface area contributed by atoms with E-state index in [0.29, 0.717) is 15.5 Å². The zero-order valence-corrected chi connectivity index (χ0v) is 18.7. The minimum absolute atomic E-state index is 0. The molecule has 0 spiro atoms. The van der Waals surface area contributed by atoms with Gasteiger partial charge in [0.1, 0.15) is 17.1 Å². The maximum absolute atomic E-state index is 12.5.